The summed E-state index contributed by atoms with van der Waals surface area (Å²) in [6.07, 6.45) is 0.869. The fourth-order valence-electron chi connectivity index (χ4n) is 3.10. The zero-order valence-corrected chi connectivity index (χ0v) is 18.4. The molecule has 0 saturated carbocycles. The number of nitrogens with one attached hydrogen (secondary N) is 2. The molecule has 162 valence electrons. The summed E-state index contributed by atoms with van der Waals surface area (Å²) < 4.78 is 54.3. The second kappa shape index (κ2) is 9.44. The van der Waals surface area contributed by atoms with E-state index in [1.165, 1.54) is 41.3 Å². The van der Waals surface area contributed by atoms with Crippen molar-refractivity contribution in [2.24, 2.45) is 0 Å². The maximum Gasteiger partial charge on any atom is 0.241 e. The van der Waals surface area contributed by atoms with Crippen molar-refractivity contribution in [2.45, 2.75) is 28.7 Å². The van der Waals surface area contributed by atoms with Crippen molar-refractivity contribution in [2.75, 3.05) is 19.6 Å². The number of amides is 1. The van der Waals surface area contributed by atoms with Gasteiger partial charge < -0.3 is 4.90 Å². The van der Waals surface area contributed by atoms with Gasteiger partial charge in [-0.15, -0.1) is 0 Å². The predicted molar refractivity (Wildman–Crippen MR) is 113 cm³/mol. The first-order chi connectivity index (χ1) is 14.2. The molecule has 0 unspecified atom stereocenters. The minimum Gasteiger partial charge on any atom is -0.341 e. The Bertz CT molecular complexity index is 1080. The van der Waals surface area contributed by atoms with Gasteiger partial charge in [-0.3, -0.25) is 4.79 Å². The van der Waals surface area contributed by atoms with Crippen molar-refractivity contribution in [1.29, 1.82) is 0 Å². The zero-order valence-electron chi connectivity index (χ0n) is 16.0. The van der Waals surface area contributed by atoms with Crippen LogP contribution in [0.15, 0.2) is 64.4 Å². The standard InChI is InChI=1S/C19H22ClN3O5S2/c20-15-6-8-18(9-7-15)30(27,28)22-16-10-12-23(13-11-16)19(24)14-21-29(25,26)17-4-2-1-3-5-17/h1-9,16,21-22H,10-14H2. The Labute approximate surface area is 181 Å². The second-order valence-electron chi connectivity index (χ2n) is 6.87. The van der Waals surface area contributed by atoms with Gasteiger partial charge in [0.1, 0.15) is 0 Å². The van der Waals surface area contributed by atoms with Gasteiger partial charge in [0.15, 0.2) is 0 Å². The van der Waals surface area contributed by atoms with Gasteiger partial charge in [-0.05, 0) is 49.2 Å². The fraction of sp³-hybridized carbons (Fsp3) is 0.316. The van der Waals surface area contributed by atoms with Crippen LogP contribution in [0.4, 0.5) is 0 Å². The lowest BCUT2D eigenvalue weighted by molar-refractivity contribution is -0.130. The molecular weight excluding hydrogens is 450 g/mol. The number of rotatable bonds is 7. The molecule has 1 fully saturated rings. The van der Waals surface area contributed by atoms with Crippen LogP contribution in [0.1, 0.15) is 12.8 Å². The molecule has 11 heteroatoms. The molecular formula is C19H22ClN3O5S2. The molecule has 1 aliphatic heterocycles. The summed E-state index contributed by atoms with van der Waals surface area (Å²) >= 11 is 5.79. The van der Waals surface area contributed by atoms with Gasteiger partial charge in [0.2, 0.25) is 26.0 Å². The van der Waals surface area contributed by atoms with E-state index in [4.69, 9.17) is 11.6 Å². The lowest BCUT2D eigenvalue weighted by atomic mass is 10.1. The number of hydrogen-bond acceptors (Lipinski definition) is 5. The van der Waals surface area contributed by atoms with E-state index in [-0.39, 0.29) is 28.3 Å². The molecule has 2 aromatic rings. The van der Waals surface area contributed by atoms with Gasteiger partial charge in [0.25, 0.3) is 0 Å². The van der Waals surface area contributed by atoms with Gasteiger partial charge in [-0.2, -0.15) is 0 Å². The highest BCUT2D eigenvalue weighted by atomic mass is 35.5. The number of carbonyl (C=O) groups is 1. The summed E-state index contributed by atoms with van der Waals surface area (Å²) in [5.41, 5.74) is 0. The molecule has 0 aliphatic carbocycles. The number of hydrogen-bond donors (Lipinski definition) is 2. The van der Waals surface area contributed by atoms with E-state index in [0.717, 1.165) is 0 Å². The van der Waals surface area contributed by atoms with E-state index in [1.807, 2.05) is 0 Å². The summed E-state index contributed by atoms with van der Waals surface area (Å²) in [7, 11) is -7.44. The van der Waals surface area contributed by atoms with Crippen molar-refractivity contribution in [3.05, 3.63) is 59.6 Å². The molecule has 30 heavy (non-hydrogen) atoms. The molecule has 3 rings (SSSR count). The van der Waals surface area contributed by atoms with Gasteiger partial charge >= 0.3 is 0 Å². The van der Waals surface area contributed by atoms with Crippen LogP contribution < -0.4 is 9.44 Å². The Morgan fingerprint density at radius 2 is 1.47 bits per heavy atom. The first kappa shape index (κ1) is 22.7. The molecule has 0 radical (unpaired) electrons. The normalized spacial score (nSPS) is 15.8. The lowest BCUT2D eigenvalue weighted by Gasteiger charge is -2.32. The van der Waals surface area contributed by atoms with Crippen LogP contribution in [-0.2, 0) is 24.8 Å². The Morgan fingerprint density at radius 1 is 0.900 bits per heavy atom. The molecule has 1 aliphatic rings. The van der Waals surface area contributed by atoms with E-state index >= 15 is 0 Å². The highest BCUT2D eigenvalue weighted by Gasteiger charge is 2.27. The van der Waals surface area contributed by atoms with Crippen LogP contribution in [0, 0.1) is 0 Å². The number of sulfonamides is 2. The quantitative estimate of drug-likeness (QED) is 0.636. The number of benzene rings is 2. The molecule has 1 saturated heterocycles. The molecule has 0 atom stereocenters. The Hall–Kier alpha value is -1.98. The van der Waals surface area contributed by atoms with Crippen molar-refractivity contribution in [3.8, 4) is 0 Å². The minimum absolute atomic E-state index is 0.0908. The zero-order chi connectivity index (χ0) is 21.8. The maximum absolute atomic E-state index is 12.5. The summed E-state index contributed by atoms with van der Waals surface area (Å²) in [4.78, 5) is 14.1. The third-order valence-electron chi connectivity index (χ3n) is 4.76. The van der Waals surface area contributed by atoms with E-state index in [1.54, 1.807) is 18.2 Å². The molecule has 2 N–H and O–H groups in total. The van der Waals surface area contributed by atoms with Gasteiger partial charge in [0, 0.05) is 24.2 Å². The fourth-order valence-corrected chi connectivity index (χ4v) is 5.53. The average Bonchev–Trinajstić information content (AvgIpc) is 2.73. The molecule has 1 amide bonds. The summed E-state index contributed by atoms with van der Waals surface area (Å²) in [6.45, 7) is 0.317. The highest BCUT2D eigenvalue weighted by molar-refractivity contribution is 7.89. The molecule has 0 bridgehead atoms. The number of nitrogens with zero attached hydrogens (tertiary/aromatic N) is 1. The van der Waals surface area contributed by atoms with Crippen LogP contribution in [0.25, 0.3) is 0 Å². The van der Waals surface area contributed by atoms with Crippen molar-refractivity contribution in [3.63, 3.8) is 0 Å². The van der Waals surface area contributed by atoms with Gasteiger partial charge in [0.05, 0.1) is 16.3 Å². The van der Waals surface area contributed by atoms with Crippen LogP contribution in [0.3, 0.4) is 0 Å². The number of halogens is 1. The Balaban J connectivity index is 1.50. The largest absolute Gasteiger partial charge is 0.341 e. The lowest BCUT2D eigenvalue weighted by Crippen LogP contribution is -2.48. The summed E-state index contributed by atoms with van der Waals surface area (Å²) in [5.74, 6) is -0.353. The monoisotopic (exact) mass is 471 g/mol. The first-order valence-corrected chi connectivity index (χ1v) is 12.6. The third-order valence-corrected chi connectivity index (χ3v) is 7.97. The minimum atomic E-state index is -3.76. The predicted octanol–water partition coefficient (Wildman–Crippen LogP) is 1.59. The van der Waals surface area contributed by atoms with Crippen LogP contribution in [0.5, 0.6) is 0 Å². The molecule has 8 nitrogen and oxygen atoms in total. The molecule has 0 spiro atoms. The van der Waals surface area contributed by atoms with Crippen molar-refractivity contribution in [1.82, 2.24) is 14.3 Å². The van der Waals surface area contributed by atoms with E-state index in [2.05, 4.69) is 9.44 Å². The van der Waals surface area contributed by atoms with Crippen LogP contribution >= 0.6 is 11.6 Å². The molecule has 2 aromatic carbocycles. The SMILES string of the molecule is O=C(CNS(=O)(=O)c1ccccc1)N1CCC(NS(=O)(=O)c2ccc(Cl)cc2)CC1. The summed E-state index contributed by atoms with van der Waals surface area (Å²) in [6, 6.07) is 13.4. The van der Waals surface area contributed by atoms with Crippen molar-refractivity contribution >= 4 is 37.6 Å². The van der Waals surface area contributed by atoms with Crippen molar-refractivity contribution < 1.29 is 21.6 Å². The van der Waals surface area contributed by atoms with Crippen LogP contribution in [0.2, 0.25) is 5.02 Å². The Kier molecular flexibility index (Phi) is 7.14. The number of carbonyl (C=O) groups excluding carboxylic acids is 1. The summed E-state index contributed by atoms with van der Waals surface area (Å²) in [5, 5.41) is 0.448. The van der Waals surface area contributed by atoms with Crippen LogP contribution in [-0.4, -0.2) is 53.3 Å². The second-order valence-corrected chi connectivity index (χ2v) is 10.8. The number of piperidine rings is 1. The topological polar surface area (TPSA) is 113 Å². The molecule has 0 aromatic heterocycles. The van der Waals surface area contributed by atoms with Gasteiger partial charge in [-0.1, -0.05) is 29.8 Å². The third kappa shape index (κ3) is 5.79. The van der Waals surface area contributed by atoms with Gasteiger partial charge in [-0.25, -0.2) is 26.3 Å². The maximum atomic E-state index is 12.5. The molecule has 1 heterocycles. The van der Waals surface area contributed by atoms with E-state index in [0.29, 0.717) is 31.0 Å². The van der Waals surface area contributed by atoms with E-state index < -0.39 is 20.0 Å². The number of likely N-dealkylation sites (tertiary alicyclic amines) is 1. The smallest absolute Gasteiger partial charge is 0.241 e. The highest BCUT2D eigenvalue weighted by Crippen LogP contribution is 2.17. The Morgan fingerprint density at radius 3 is 2.07 bits per heavy atom. The average molecular weight is 472 g/mol. The van der Waals surface area contributed by atoms with E-state index in [9.17, 15) is 21.6 Å². The first-order valence-electron chi connectivity index (χ1n) is 9.28.